The first-order chi connectivity index (χ1) is 9.49. The molecule has 2 N–H and O–H groups in total. The molecule has 1 amide bonds. The van der Waals surface area contributed by atoms with Gasteiger partial charge in [-0.05, 0) is 44.4 Å². The molecule has 0 saturated carbocycles. The molecule has 1 fully saturated rings. The van der Waals surface area contributed by atoms with Gasteiger partial charge in [0.1, 0.15) is 6.04 Å². The minimum atomic E-state index is -0.266. The predicted octanol–water partition coefficient (Wildman–Crippen LogP) is 2.28. The van der Waals surface area contributed by atoms with E-state index in [1.54, 1.807) is 0 Å². The van der Waals surface area contributed by atoms with Crippen molar-refractivity contribution in [3.05, 3.63) is 34.9 Å². The molecule has 118 valence electrons. The molecule has 1 saturated heterocycles. The molecule has 1 unspecified atom stereocenters. The van der Waals surface area contributed by atoms with Crippen molar-refractivity contribution in [2.24, 2.45) is 0 Å². The molecule has 4 nitrogen and oxygen atoms in total. The average molecular weight is 313 g/mol. The van der Waals surface area contributed by atoms with E-state index in [-0.39, 0.29) is 36.5 Å². The molecule has 5 heteroatoms. The molecule has 0 spiro atoms. The fourth-order valence-corrected chi connectivity index (χ4v) is 2.45. The van der Waals surface area contributed by atoms with Gasteiger partial charge in [0, 0.05) is 6.54 Å². The molecule has 1 heterocycles. The molecule has 0 aromatic heterocycles. The summed E-state index contributed by atoms with van der Waals surface area (Å²) < 4.78 is 5.51. The summed E-state index contributed by atoms with van der Waals surface area (Å²) in [4.78, 5) is 12.3. The van der Waals surface area contributed by atoms with E-state index in [1.165, 1.54) is 11.1 Å². The first-order valence-electron chi connectivity index (χ1n) is 7.21. The topological polar surface area (TPSA) is 50.4 Å². The highest BCUT2D eigenvalue weighted by Gasteiger charge is 2.29. The standard InChI is InChI=1S/C16H24N2O2.ClH/c1-10-5-6-14(9-11(10)2)12(3)18-16(19)15-13(4)20-8-7-17-15;/h5-6,9,12-13,15,17H,7-8H2,1-4H3,(H,18,19);1H/t12?,13-,15+;/m1./s1. The van der Waals surface area contributed by atoms with Gasteiger partial charge < -0.3 is 15.4 Å². The lowest BCUT2D eigenvalue weighted by molar-refractivity contribution is -0.129. The Morgan fingerprint density at radius 2 is 2.10 bits per heavy atom. The number of aryl methyl sites for hydroxylation is 2. The Morgan fingerprint density at radius 3 is 2.71 bits per heavy atom. The fourth-order valence-electron chi connectivity index (χ4n) is 2.45. The van der Waals surface area contributed by atoms with E-state index in [2.05, 4.69) is 42.7 Å². The van der Waals surface area contributed by atoms with Crippen molar-refractivity contribution >= 4 is 18.3 Å². The van der Waals surface area contributed by atoms with Gasteiger partial charge in [-0.1, -0.05) is 18.2 Å². The zero-order valence-electron chi connectivity index (χ0n) is 13.1. The SMILES string of the molecule is Cc1ccc(C(C)NC(=O)[C@H]2NCCO[C@@H]2C)cc1C.Cl. The summed E-state index contributed by atoms with van der Waals surface area (Å²) in [5.41, 5.74) is 3.64. The van der Waals surface area contributed by atoms with Crippen LogP contribution in [0.25, 0.3) is 0 Å². The number of hydrogen-bond acceptors (Lipinski definition) is 3. The van der Waals surface area contributed by atoms with Crippen LogP contribution in [0.2, 0.25) is 0 Å². The van der Waals surface area contributed by atoms with Crippen LogP contribution in [0.4, 0.5) is 0 Å². The summed E-state index contributed by atoms with van der Waals surface area (Å²) in [6, 6.07) is 6.03. The van der Waals surface area contributed by atoms with Crippen molar-refractivity contribution in [1.29, 1.82) is 0 Å². The van der Waals surface area contributed by atoms with Gasteiger partial charge in [-0.2, -0.15) is 0 Å². The molecule has 1 aliphatic heterocycles. The van der Waals surface area contributed by atoms with Crippen molar-refractivity contribution in [3.63, 3.8) is 0 Å². The molecule has 21 heavy (non-hydrogen) atoms. The number of ether oxygens (including phenoxy) is 1. The number of nitrogens with one attached hydrogen (secondary N) is 2. The molecule has 1 aromatic carbocycles. The number of amides is 1. The largest absolute Gasteiger partial charge is 0.375 e. The summed E-state index contributed by atoms with van der Waals surface area (Å²) >= 11 is 0. The number of carbonyl (C=O) groups is 1. The van der Waals surface area contributed by atoms with Crippen molar-refractivity contribution in [1.82, 2.24) is 10.6 Å². The monoisotopic (exact) mass is 312 g/mol. The van der Waals surface area contributed by atoms with E-state index in [1.807, 2.05) is 13.8 Å². The summed E-state index contributed by atoms with van der Waals surface area (Å²) in [7, 11) is 0. The minimum Gasteiger partial charge on any atom is -0.375 e. The quantitative estimate of drug-likeness (QED) is 0.900. The zero-order valence-corrected chi connectivity index (χ0v) is 13.9. The summed E-state index contributed by atoms with van der Waals surface area (Å²) in [6.07, 6.45) is -0.0873. The summed E-state index contributed by atoms with van der Waals surface area (Å²) in [5.74, 6) is 0.00271. The van der Waals surface area contributed by atoms with Crippen LogP contribution in [0.5, 0.6) is 0 Å². The lowest BCUT2D eigenvalue weighted by Gasteiger charge is -2.30. The van der Waals surface area contributed by atoms with Gasteiger partial charge in [0.25, 0.3) is 0 Å². The third kappa shape index (κ3) is 4.43. The molecule has 2 rings (SSSR count). The van der Waals surface area contributed by atoms with Crippen LogP contribution in [0, 0.1) is 13.8 Å². The normalized spacial score (nSPS) is 23.0. The molecule has 0 bridgehead atoms. The molecular weight excluding hydrogens is 288 g/mol. The molecule has 0 aliphatic carbocycles. The third-order valence-electron chi connectivity index (χ3n) is 3.99. The zero-order chi connectivity index (χ0) is 14.7. The minimum absolute atomic E-state index is 0. The molecular formula is C16H25ClN2O2. The van der Waals surface area contributed by atoms with Gasteiger partial charge in [-0.3, -0.25) is 4.79 Å². The maximum Gasteiger partial charge on any atom is 0.240 e. The predicted molar refractivity (Wildman–Crippen MR) is 86.9 cm³/mol. The number of carbonyl (C=O) groups excluding carboxylic acids is 1. The van der Waals surface area contributed by atoms with E-state index in [4.69, 9.17) is 4.74 Å². The van der Waals surface area contributed by atoms with Crippen LogP contribution >= 0.6 is 12.4 Å². The van der Waals surface area contributed by atoms with Crippen molar-refractivity contribution in [2.75, 3.05) is 13.2 Å². The highest BCUT2D eigenvalue weighted by atomic mass is 35.5. The van der Waals surface area contributed by atoms with E-state index in [9.17, 15) is 4.79 Å². The first kappa shape index (κ1) is 18.0. The van der Waals surface area contributed by atoms with E-state index in [0.717, 1.165) is 12.1 Å². The Hall–Kier alpha value is -1.10. The Labute approximate surface area is 133 Å². The van der Waals surface area contributed by atoms with Crippen molar-refractivity contribution in [3.8, 4) is 0 Å². The maximum atomic E-state index is 12.3. The highest BCUT2D eigenvalue weighted by molar-refractivity contribution is 5.85. The summed E-state index contributed by atoms with van der Waals surface area (Å²) in [6.45, 7) is 9.50. The number of benzene rings is 1. The second-order valence-electron chi connectivity index (χ2n) is 5.58. The number of morpholine rings is 1. The van der Waals surface area contributed by atoms with Crippen molar-refractivity contribution < 1.29 is 9.53 Å². The Morgan fingerprint density at radius 1 is 1.38 bits per heavy atom. The van der Waals surface area contributed by atoms with Crippen LogP contribution in [0.15, 0.2) is 18.2 Å². The van der Waals surface area contributed by atoms with Crippen LogP contribution in [0.1, 0.15) is 36.6 Å². The molecule has 3 atom stereocenters. The number of halogens is 1. The van der Waals surface area contributed by atoms with Gasteiger partial charge in [0.2, 0.25) is 5.91 Å². The van der Waals surface area contributed by atoms with Gasteiger partial charge in [0.15, 0.2) is 0 Å². The average Bonchev–Trinajstić information content (AvgIpc) is 2.42. The van der Waals surface area contributed by atoms with Gasteiger partial charge in [-0.15, -0.1) is 12.4 Å². The lowest BCUT2D eigenvalue weighted by Crippen LogP contribution is -2.55. The summed E-state index contributed by atoms with van der Waals surface area (Å²) in [5, 5.41) is 6.27. The first-order valence-corrected chi connectivity index (χ1v) is 7.21. The Kier molecular flexibility index (Phi) is 6.65. The molecule has 0 radical (unpaired) electrons. The van der Waals surface area contributed by atoms with Gasteiger partial charge in [0.05, 0.1) is 18.8 Å². The van der Waals surface area contributed by atoms with Crippen LogP contribution in [-0.2, 0) is 9.53 Å². The van der Waals surface area contributed by atoms with Crippen LogP contribution in [0.3, 0.4) is 0 Å². The molecule has 1 aliphatic rings. The van der Waals surface area contributed by atoms with E-state index >= 15 is 0 Å². The van der Waals surface area contributed by atoms with Crippen LogP contribution in [-0.4, -0.2) is 31.2 Å². The van der Waals surface area contributed by atoms with Crippen molar-refractivity contribution in [2.45, 2.75) is 45.9 Å². The van der Waals surface area contributed by atoms with E-state index in [0.29, 0.717) is 6.61 Å². The fraction of sp³-hybridized carbons (Fsp3) is 0.562. The number of rotatable bonds is 3. The highest BCUT2D eigenvalue weighted by Crippen LogP contribution is 2.17. The maximum absolute atomic E-state index is 12.3. The smallest absolute Gasteiger partial charge is 0.240 e. The van der Waals surface area contributed by atoms with Gasteiger partial charge >= 0.3 is 0 Å². The van der Waals surface area contributed by atoms with Gasteiger partial charge in [-0.25, -0.2) is 0 Å². The van der Waals surface area contributed by atoms with E-state index < -0.39 is 0 Å². The van der Waals surface area contributed by atoms with Crippen LogP contribution < -0.4 is 10.6 Å². The number of hydrogen-bond donors (Lipinski definition) is 2. The Bertz CT molecular complexity index is 493. The lowest BCUT2D eigenvalue weighted by atomic mass is 10.0. The molecule has 1 aromatic rings. The second kappa shape index (κ2) is 7.78. The Balaban J connectivity index is 0.00000220. The second-order valence-corrected chi connectivity index (χ2v) is 5.58. The third-order valence-corrected chi connectivity index (χ3v) is 3.99.